The summed E-state index contributed by atoms with van der Waals surface area (Å²) in [5.74, 6) is 0.888. The average molecular weight is 307 g/mol. The molecule has 120 valence electrons. The van der Waals surface area contributed by atoms with Crippen molar-refractivity contribution >= 4 is 11.3 Å². The largest absolute Gasteiger partial charge is 0.494 e. The molecule has 2 rings (SSSR count). The zero-order valence-corrected chi connectivity index (χ0v) is 14.0. The number of benzene rings is 2. The van der Waals surface area contributed by atoms with Crippen molar-refractivity contribution in [1.29, 1.82) is 0 Å². The third-order valence-electron chi connectivity index (χ3n) is 3.82. The Morgan fingerprint density at radius 2 is 1.61 bits per heavy atom. The molecule has 2 nitrogen and oxygen atoms in total. The van der Waals surface area contributed by atoms with Crippen molar-refractivity contribution in [2.75, 3.05) is 11.9 Å². The molecule has 0 amide bonds. The topological polar surface area (TPSA) is 21.3 Å². The van der Waals surface area contributed by atoms with E-state index in [0.717, 1.165) is 34.6 Å². The van der Waals surface area contributed by atoms with Crippen LogP contribution < -0.4 is 10.1 Å². The molecule has 0 heterocycles. The van der Waals surface area contributed by atoms with E-state index in [0.29, 0.717) is 12.6 Å². The summed E-state index contributed by atoms with van der Waals surface area (Å²) in [7, 11) is 0. The van der Waals surface area contributed by atoms with E-state index in [1.165, 1.54) is 0 Å². The summed E-state index contributed by atoms with van der Waals surface area (Å²) in [6.45, 7) is 12.9. The zero-order chi connectivity index (χ0) is 16.7. The molecule has 2 heteroatoms. The first-order chi connectivity index (χ1) is 11.2. The highest BCUT2D eigenvalue weighted by Crippen LogP contribution is 2.25. The van der Waals surface area contributed by atoms with Gasteiger partial charge < -0.3 is 10.1 Å². The Morgan fingerprint density at radius 3 is 2.09 bits per heavy atom. The van der Waals surface area contributed by atoms with Crippen LogP contribution in [0.4, 0.5) is 5.69 Å². The van der Waals surface area contributed by atoms with Gasteiger partial charge in [-0.2, -0.15) is 0 Å². The highest BCUT2D eigenvalue weighted by Gasteiger charge is 2.05. The van der Waals surface area contributed by atoms with Crippen LogP contribution in [0, 0.1) is 0 Å². The molecule has 0 aliphatic carbocycles. The van der Waals surface area contributed by atoms with Crippen LogP contribution >= 0.6 is 0 Å². The summed E-state index contributed by atoms with van der Waals surface area (Å²) < 4.78 is 5.47. The summed E-state index contributed by atoms with van der Waals surface area (Å²) in [4.78, 5) is 0. The minimum atomic E-state index is 0.301. The van der Waals surface area contributed by atoms with Gasteiger partial charge in [0.2, 0.25) is 0 Å². The quantitative estimate of drug-likeness (QED) is 0.648. The van der Waals surface area contributed by atoms with E-state index in [2.05, 4.69) is 49.7 Å². The van der Waals surface area contributed by atoms with Crippen molar-refractivity contribution in [1.82, 2.24) is 0 Å². The third-order valence-corrected chi connectivity index (χ3v) is 3.82. The molecule has 0 saturated carbocycles. The van der Waals surface area contributed by atoms with Crippen molar-refractivity contribution in [3.05, 3.63) is 78.9 Å². The Labute approximate surface area is 139 Å². The van der Waals surface area contributed by atoms with Crippen LogP contribution in [-0.4, -0.2) is 12.6 Å². The molecule has 0 bridgehead atoms. The summed E-state index contributed by atoms with van der Waals surface area (Å²) >= 11 is 0. The predicted octanol–water partition coefficient (Wildman–Crippen LogP) is 5.52. The fourth-order valence-electron chi connectivity index (χ4n) is 2.40. The van der Waals surface area contributed by atoms with Gasteiger partial charge in [0.15, 0.2) is 0 Å². The molecule has 0 fully saturated rings. The van der Waals surface area contributed by atoms with Crippen molar-refractivity contribution in [3.8, 4) is 5.75 Å². The summed E-state index contributed by atoms with van der Waals surface area (Å²) in [6.07, 6.45) is 2.96. The minimum absolute atomic E-state index is 0.301. The molecule has 2 aromatic rings. The molecular formula is C21H25NO. The molecule has 0 aromatic heterocycles. The van der Waals surface area contributed by atoms with E-state index < -0.39 is 0 Å². The molecule has 0 aliphatic heterocycles. The maximum Gasteiger partial charge on any atom is 0.119 e. The molecular weight excluding hydrogens is 282 g/mol. The number of ether oxygens (including phenoxy) is 1. The summed E-state index contributed by atoms with van der Waals surface area (Å²) in [6, 6.07) is 16.7. The number of hydrogen-bond donors (Lipinski definition) is 1. The van der Waals surface area contributed by atoms with Gasteiger partial charge in [-0.3, -0.25) is 0 Å². The Hall–Kier alpha value is -2.48. The Kier molecular flexibility index (Phi) is 6.04. The van der Waals surface area contributed by atoms with E-state index in [9.17, 15) is 0 Å². The van der Waals surface area contributed by atoms with E-state index in [4.69, 9.17) is 4.74 Å². The van der Waals surface area contributed by atoms with Crippen LogP contribution in [0.3, 0.4) is 0 Å². The van der Waals surface area contributed by atoms with Crippen LogP contribution in [0.25, 0.3) is 5.57 Å². The standard InChI is InChI=1S/C21H25NO/c1-5-19(6-2)22-20-12-8-17(9-13-20)16(4)18-10-14-21(15-11-18)23-7-3/h5,8-15,19,22H,1,4,6-7H2,2-3H3. The van der Waals surface area contributed by atoms with Gasteiger partial charge in [-0.05, 0) is 54.3 Å². The molecule has 1 unspecified atom stereocenters. The van der Waals surface area contributed by atoms with Crippen molar-refractivity contribution < 1.29 is 4.74 Å². The van der Waals surface area contributed by atoms with Crippen LogP contribution in [0.1, 0.15) is 31.4 Å². The SMILES string of the molecule is C=CC(CC)Nc1ccc(C(=C)c2ccc(OCC)cc2)cc1. The second-order valence-corrected chi connectivity index (χ2v) is 5.41. The molecule has 0 spiro atoms. The summed E-state index contributed by atoms with van der Waals surface area (Å²) in [5.41, 5.74) is 4.33. The van der Waals surface area contributed by atoms with E-state index in [1.54, 1.807) is 0 Å². The van der Waals surface area contributed by atoms with Gasteiger partial charge in [-0.25, -0.2) is 0 Å². The van der Waals surface area contributed by atoms with Gasteiger partial charge in [0.25, 0.3) is 0 Å². The first-order valence-electron chi connectivity index (χ1n) is 8.09. The lowest BCUT2D eigenvalue weighted by Crippen LogP contribution is -2.14. The van der Waals surface area contributed by atoms with Gasteiger partial charge in [0, 0.05) is 11.7 Å². The second-order valence-electron chi connectivity index (χ2n) is 5.41. The highest BCUT2D eigenvalue weighted by atomic mass is 16.5. The highest BCUT2D eigenvalue weighted by molar-refractivity contribution is 5.78. The van der Waals surface area contributed by atoms with E-state index >= 15 is 0 Å². The third kappa shape index (κ3) is 4.49. The molecule has 23 heavy (non-hydrogen) atoms. The van der Waals surface area contributed by atoms with Crippen LogP contribution in [0.5, 0.6) is 5.75 Å². The Balaban J connectivity index is 2.09. The normalized spacial score (nSPS) is 11.6. The molecule has 0 radical (unpaired) electrons. The van der Waals surface area contributed by atoms with Crippen molar-refractivity contribution in [2.24, 2.45) is 0 Å². The number of hydrogen-bond acceptors (Lipinski definition) is 2. The van der Waals surface area contributed by atoms with Gasteiger partial charge >= 0.3 is 0 Å². The Morgan fingerprint density at radius 1 is 1.04 bits per heavy atom. The van der Waals surface area contributed by atoms with Crippen LogP contribution in [0.15, 0.2) is 67.8 Å². The van der Waals surface area contributed by atoms with Gasteiger partial charge in [-0.1, -0.05) is 43.8 Å². The van der Waals surface area contributed by atoms with Crippen molar-refractivity contribution in [2.45, 2.75) is 26.3 Å². The number of nitrogens with one attached hydrogen (secondary N) is 1. The summed E-state index contributed by atoms with van der Waals surface area (Å²) in [5, 5.41) is 3.44. The van der Waals surface area contributed by atoms with Crippen LogP contribution in [-0.2, 0) is 0 Å². The molecule has 1 atom stereocenters. The second kappa shape index (κ2) is 8.23. The molecule has 0 saturated heterocycles. The monoisotopic (exact) mass is 307 g/mol. The average Bonchev–Trinajstić information content (AvgIpc) is 2.60. The maximum atomic E-state index is 5.47. The van der Waals surface area contributed by atoms with E-state index in [1.807, 2.05) is 37.3 Å². The number of rotatable bonds is 8. The van der Waals surface area contributed by atoms with Crippen molar-refractivity contribution in [3.63, 3.8) is 0 Å². The lowest BCUT2D eigenvalue weighted by atomic mass is 9.99. The van der Waals surface area contributed by atoms with Gasteiger partial charge in [0.1, 0.15) is 5.75 Å². The first-order valence-corrected chi connectivity index (χ1v) is 8.09. The van der Waals surface area contributed by atoms with Gasteiger partial charge in [-0.15, -0.1) is 6.58 Å². The first kappa shape index (κ1) is 16.9. The van der Waals surface area contributed by atoms with Gasteiger partial charge in [0.05, 0.1) is 6.61 Å². The Bertz CT molecular complexity index is 641. The van der Waals surface area contributed by atoms with E-state index in [-0.39, 0.29) is 0 Å². The fourth-order valence-corrected chi connectivity index (χ4v) is 2.40. The minimum Gasteiger partial charge on any atom is -0.494 e. The zero-order valence-electron chi connectivity index (χ0n) is 14.0. The van der Waals surface area contributed by atoms with Crippen LogP contribution in [0.2, 0.25) is 0 Å². The maximum absolute atomic E-state index is 5.47. The number of anilines is 1. The molecule has 1 N–H and O–H groups in total. The fraction of sp³-hybridized carbons (Fsp3) is 0.238. The molecule has 2 aromatic carbocycles. The lowest BCUT2D eigenvalue weighted by molar-refractivity contribution is 0.340. The molecule has 0 aliphatic rings. The lowest BCUT2D eigenvalue weighted by Gasteiger charge is -2.15. The smallest absolute Gasteiger partial charge is 0.119 e. The predicted molar refractivity (Wildman–Crippen MR) is 100 cm³/mol.